The number of ether oxygens (including phenoxy) is 1. The first-order chi connectivity index (χ1) is 12.0. The van der Waals surface area contributed by atoms with Gasteiger partial charge >= 0.3 is 5.97 Å². The summed E-state index contributed by atoms with van der Waals surface area (Å²) in [5.74, 6) is -0.318. The predicted octanol–water partition coefficient (Wildman–Crippen LogP) is 3.05. The number of carbonyl (C=O) groups is 1. The van der Waals surface area contributed by atoms with Crippen molar-refractivity contribution in [2.45, 2.75) is 26.7 Å². The van der Waals surface area contributed by atoms with E-state index in [1.807, 2.05) is 42.5 Å². The average Bonchev–Trinajstić information content (AvgIpc) is 2.59. The molecular formula is C20H20N2O3. The van der Waals surface area contributed by atoms with Crippen molar-refractivity contribution in [2.75, 3.05) is 6.61 Å². The second kappa shape index (κ2) is 8.65. The molecule has 0 fully saturated rings. The number of benzene rings is 1. The van der Waals surface area contributed by atoms with Crippen LogP contribution in [0.25, 0.3) is 6.08 Å². The van der Waals surface area contributed by atoms with Crippen LogP contribution in [-0.2, 0) is 16.0 Å². The van der Waals surface area contributed by atoms with Crippen molar-refractivity contribution in [3.8, 4) is 6.07 Å². The van der Waals surface area contributed by atoms with Crippen LogP contribution in [0.4, 0.5) is 0 Å². The zero-order chi connectivity index (χ0) is 18.2. The summed E-state index contributed by atoms with van der Waals surface area (Å²) in [5, 5.41) is 9.06. The Balaban J connectivity index is 1.89. The molecule has 0 aliphatic carbocycles. The van der Waals surface area contributed by atoms with E-state index in [2.05, 4.69) is 4.98 Å². The van der Waals surface area contributed by atoms with E-state index < -0.39 is 5.56 Å². The van der Waals surface area contributed by atoms with Crippen LogP contribution in [0.5, 0.6) is 0 Å². The molecule has 1 heterocycles. The van der Waals surface area contributed by atoms with Gasteiger partial charge in [0.15, 0.2) is 0 Å². The van der Waals surface area contributed by atoms with Gasteiger partial charge in [0.05, 0.1) is 0 Å². The van der Waals surface area contributed by atoms with Crippen molar-refractivity contribution >= 4 is 12.0 Å². The maximum atomic E-state index is 11.9. The van der Waals surface area contributed by atoms with E-state index in [1.165, 1.54) is 0 Å². The highest BCUT2D eigenvalue weighted by Gasteiger charge is 2.13. The minimum absolute atomic E-state index is 0.0970. The molecule has 1 aromatic heterocycles. The standard InChI is InChI=1S/C20H20N2O3/c1-14-17(15(2)22-20(24)18(14)13-21)10-11-19(23)25-12-6-9-16-7-4-3-5-8-16/h3-9H,10-12H2,1-2H3,(H,22,24)/b9-6+. The molecule has 0 aliphatic rings. The van der Waals surface area contributed by atoms with E-state index in [-0.39, 0.29) is 24.6 Å². The Bertz CT molecular complexity index is 874. The number of H-pyrrole nitrogens is 1. The number of nitrogens with zero attached hydrogens (tertiary/aromatic N) is 1. The van der Waals surface area contributed by atoms with Gasteiger partial charge in [0.1, 0.15) is 18.2 Å². The average molecular weight is 336 g/mol. The fourth-order valence-corrected chi connectivity index (χ4v) is 2.61. The summed E-state index contributed by atoms with van der Waals surface area (Å²) in [4.78, 5) is 26.2. The second-order valence-electron chi connectivity index (χ2n) is 5.67. The Hall–Kier alpha value is -3.13. The summed E-state index contributed by atoms with van der Waals surface area (Å²) < 4.78 is 5.18. The molecule has 0 aliphatic heterocycles. The zero-order valence-corrected chi connectivity index (χ0v) is 14.3. The molecule has 0 saturated heterocycles. The number of aromatic nitrogens is 1. The molecule has 25 heavy (non-hydrogen) atoms. The summed E-state index contributed by atoms with van der Waals surface area (Å²) in [6, 6.07) is 11.7. The molecule has 0 radical (unpaired) electrons. The molecular weight excluding hydrogens is 316 g/mol. The number of nitrogens with one attached hydrogen (secondary N) is 1. The van der Waals surface area contributed by atoms with Crippen LogP contribution in [-0.4, -0.2) is 17.6 Å². The maximum absolute atomic E-state index is 11.9. The highest BCUT2D eigenvalue weighted by atomic mass is 16.5. The van der Waals surface area contributed by atoms with Gasteiger partial charge < -0.3 is 9.72 Å². The largest absolute Gasteiger partial charge is 0.461 e. The monoisotopic (exact) mass is 336 g/mol. The van der Waals surface area contributed by atoms with Crippen LogP contribution in [0.3, 0.4) is 0 Å². The van der Waals surface area contributed by atoms with Gasteiger partial charge in [0.25, 0.3) is 5.56 Å². The van der Waals surface area contributed by atoms with E-state index in [4.69, 9.17) is 10.00 Å². The van der Waals surface area contributed by atoms with Crippen molar-refractivity contribution in [3.63, 3.8) is 0 Å². The Morgan fingerprint density at radius 1 is 1.28 bits per heavy atom. The lowest BCUT2D eigenvalue weighted by molar-refractivity contribution is -0.142. The molecule has 0 saturated carbocycles. The number of hydrogen-bond acceptors (Lipinski definition) is 4. The number of carbonyl (C=O) groups excluding carboxylic acids is 1. The lowest BCUT2D eigenvalue weighted by Crippen LogP contribution is -2.17. The van der Waals surface area contributed by atoms with Gasteiger partial charge in [0, 0.05) is 12.1 Å². The van der Waals surface area contributed by atoms with Gasteiger partial charge in [-0.2, -0.15) is 5.26 Å². The fraction of sp³-hybridized carbons (Fsp3) is 0.250. The summed E-state index contributed by atoms with van der Waals surface area (Å²) in [7, 11) is 0. The molecule has 2 rings (SSSR count). The first-order valence-electron chi connectivity index (χ1n) is 8.02. The lowest BCUT2D eigenvalue weighted by atomic mass is 9.99. The SMILES string of the molecule is Cc1[nH]c(=O)c(C#N)c(C)c1CCC(=O)OC/C=C/c1ccccc1. The fourth-order valence-electron chi connectivity index (χ4n) is 2.61. The van der Waals surface area contributed by atoms with Gasteiger partial charge in [-0.25, -0.2) is 0 Å². The van der Waals surface area contributed by atoms with E-state index >= 15 is 0 Å². The molecule has 5 nitrogen and oxygen atoms in total. The van der Waals surface area contributed by atoms with Crippen molar-refractivity contribution < 1.29 is 9.53 Å². The normalized spacial score (nSPS) is 10.6. The molecule has 0 unspecified atom stereocenters. The summed E-state index contributed by atoms with van der Waals surface area (Å²) in [6.45, 7) is 3.70. The number of pyridine rings is 1. The third kappa shape index (κ3) is 4.92. The van der Waals surface area contributed by atoms with Gasteiger partial charge in [-0.15, -0.1) is 0 Å². The zero-order valence-electron chi connectivity index (χ0n) is 14.3. The Kier molecular flexibility index (Phi) is 6.30. The smallest absolute Gasteiger partial charge is 0.306 e. The molecule has 0 spiro atoms. The Morgan fingerprint density at radius 2 is 2.00 bits per heavy atom. The molecule has 2 aromatic rings. The maximum Gasteiger partial charge on any atom is 0.306 e. The number of hydrogen-bond donors (Lipinski definition) is 1. The van der Waals surface area contributed by atoms with Gasteiger partial charge in [-0.1, -0.05) is 36.4 Å². The molecule has 0 atom stereocenters. The van der Waals surface area contributed by atoms with Crippen LogP contribution >= 0.6 is 0 Å². The molecule has 0 bridgehead atoms. The Labute approximate surface area is 146 Å². The highest BCUT2D eigenvalue weighted by molar-refractivity contribution is 5.70. The topological polar surface area (TPSA) is 83.0 Å². The third-order valence-corrected chi connectivity index (χ3v) is 3.95. The first kappa shape index (κ1) is 18.2. The van der Waals surface area contributed by atoms with Crippen molar-refractivity contribution in [2.24, 2.45) is 0 Å². The van der Waals surface area contributed by atoms with Crippen LogP contribution in [0, 0.1) is 25.2 Å². The van der Waals surface area contributed by atoms with E-state index in [0.29, 0.717) is 17.7 Å². The van der Waals surface area contributed by atoms with E-state index in [1.54, 1.807) is 19.9 Å². The number of nitriles is 1. The molecule has 0 amide bonds. The van der Waals surface area contributed by atoms with Crippen LogP contribution in [0.2, 0.25) is 0 Å². The predicted molar refractivity (Wildman–Crippen MR) is 96.0 cm³/mol. The van der Waals surface area contributed by atoms with Gasteiger partial charge in [-0.05, 0) is 43.0 Å². The summed E-state index contributed by atoms with van der Waals surface area (Å²) in [5.41, 5.74) is 2.86. The van der Waals surface area contributed by atoms with E-state index in [9.17, 15) is 9.59 Å². The minimum atomic E-state index is -0.394. The van der Waals surface area contributed by atoms with Crippen molar-refractivity contribution in [1.82, 2.24) is 4.98 Å². The quantitative estimate of drug-likeness (QED) is 0.822. The van der Waals surface area contributed by atoms with Gasteiger partial charge in [-0.3, -0.25) is 9.59 Å². The molecule has 128 valence electrons. The Morgan fingerprint density at radius 3 is 2.68 bits per heavy atom. The number of aryl methyl sites for hydroxylation is 1. The summed E-state index contributed by atoms with van der Waals surface area (Å²) in [6.07, 6.45) is 4.29. The number of aromatic amines is 1. The van der Waals surface area contributed by atoms with Crippen molar-refractivity contribution in [1.29, 1.82) is 5.26 Å². The highest BCUT2D eigenvalue weighted by Crippen LogP contribution is 2.15. The van der Waals surface area contributed by atoms with Crippen molar-refractivity contribution in [3.05, 3.63) is 74.7 Å². The molecule has 5 heteroatoms. The third-order valence-electron chi connectivity index (χ3n) is 3.95. The van der Waals surface area contributed by atoms with Gasteiger partial charge in [0.2, 0.25) is 0 Å². The first-order valence-corrected chi connectivity index (χ1v) is 8.02. The van der Waals surface area contributed by atoms with E-state index in [0.717, 1.165) is 11.1 Å². The second-order valence-corrected chi connectivity index (χ2v) is 5.67. The molecule has 1 N–H and O–H groups in total. The number of rotatable bonds is 6. The molecule has 1 aromatic carbocycles. The van der Waals surface area contributed by atoms with Crippen LogP contribution < -0.4 is 5.56 Å². The summed E-state index contributed by atoms with van der Waals surface area (Å²) >= 11 is 0. The van der Waals surface area contributed by atoms with Crippen LogP contribution in [0.1, 0.15) is 34.4 Å². The number of esters is 1. The minimum Gasteiger partial charge on any atom is -0.461 e. The van der Waals surface area contributed by atoms with Crippen LogP contribution in [0.15, 0.2) is 41.2 Å². The lowest BCUT2D eigenvalue weighted by Gasteiger charge is -2.10.